The van der Waals surface area contributed by atoms with Gasteiger partial charge in [-0.25, -0.2) is 14.8 Å². The molecule has 2 N–H and O–H groups in total. The Kier molecular flexibility index (Phi) is 5.80. The van der Waals surface area contributed by atoms with Gasteiger partial charge in [0.2, 0.25) is 11.6 Å². The summed E-state index contributed by atoms with van der Waals surface area (Å²) >= 11 is 3.34. The number of carbonyl (C=O) groups is 1. The monoisotopic (exact) mass is 443 g/mol. The van der Waals surface area contributed by atoms with E-state index in [0.29, 0.717) is 16.9 Å². The first-order valence-corrected chi connectivity index (χ1v) is 8.74. The van der Waals surface area contributed by atoms with E-state index in [-0.39, 0.29) is 17.3 Å². The zero-order valence-electron chi connectivity index (χ0n) is 14.5. The fourth-order valence-corrected chi connectivity index (χ4v) is 2.61. The van der Waals surface area contributed by atoms with Crippen LogP contribution in [0.2, 0.25) is 0 Å². The minimum absolute atomic E-state index is 0.0189. The van der Waals surface area contributed by atoms with Crippen LogP contribution in [0.15, 0.2) is 59.3 Å². The number of nitrogens with zero attached hydrogens (tertiary/aromatic N) is 3. The molecule has 3 rings (SSSR count). The second-order valence-corrected chi connectivity index (χ2v) is 6.42. The van der Waals surface area contributed by atoms with E-state index in [9.17, 15) is 14.9 Å². The lowest BCUT2D eigenvalue weighted by Crippen LogP contribution is -2.06. The first-order chi connectivity index (χ1) is 13.5. The summed E-state index contributed by atoms with van der Waals surface area (Å²) in [6.07, 6.45) is 1.22. The van der Waals surface area contributed by atoms with Gasteiger partial charge in [-0.15, -0.1) is 0 Å². The van der Waals surface area contributed by atoms with Crippen molar-refractivity contribution < 1.29 is 14.5 Å². The van der Waals surface area contributed by atoms with Gasteiger partial charge in [0.25, 0.3) is 0 Å². The summed E-state index contributed by atoms with van der Waals surface area (Å²) in [6, 6.07) is 13.4. The van der Waals surface area contributed by atoms with E-state index in [1.165, 1.54) is 13.4 Å². The van der Waals surface area contributed by atoms with Gasteiger partial charge < -0.3 is 15.4 Å². The van der Waals surface area contributed by atoms with Crippen LogP contribution in [0.1, 0.15) is 10.4 Å². The van der Waals surface area contributed by atoms with Gasteiger partial charge in [-0.05, 0) is 48.5 Å². The van der Waals surface area contributed by atoms with Crippen LogP contribution in [0.5, 0.6) is 0 Å². The molecule has 28 heavy (non-hydrogen) atoms. The van der Waals surface area contributed by atoms with Crippen LogP contribution in [0.25, 0.3) is 0 Å². The molecule has 9 nitrogen and oxygen atoms in total. The van der Waals surface area contributed by atoms with E-state index in [0.717, 1.165) is 4.47 Å². The summed E-state index contributed by atoms with van der Waals surface area (Å²) < 4.78 is 5.53. The number of aromatic nitrogens is 2. The van der Waals surface area contributed by atoms with Crippen molar-refractivity contribution in [3.8, 4) is 0 Å². The van der Waals surface area contributed by atoms with Crippen LogP contribution >= 0.6 is 15.9 Å². The number of methoxy groups -OCH3 is 1. The summed E-state index contributed by atoms with van der Waals surface area (Å²) in [5.41, 5.74) is 1.22. The SMILES string of the molecule is COC(=O)c1ccc(Nc2ncnc(Nc3ccc(Br)cc3)c2[N+](=O)[O-])cc1. The number of anilines is 4. The molecule has 10 heteroatoms. The highest BCUT2D eigenvalue weighted by atomic mass is 79.9. The zero-order valence-corrected chi connectivity index (χ0v) is 16.1. The Balaban J connectivity index is 1.89. The third-order valence-electron chi connectivity index (χ3n) is 3.68. The minimum Gasteiger partial charge on any atom is -0.465 e. The number of halogens is 1. The molecule has 0 fully saturated rings. The number of ether oxygens (including phenoxy) is 1. The number of nitrogens with one attached hydrogen (secondary N) is 2. The number of benzene rings is 2. The van der Waals surface area contributed by atoms with Crippen molar-refractivity contribution >= 4 is 50.6 Å². The first kappa shape index (κ1) is 19.2. The molecule has 142 valence electrons. The van der Waals surface area contributed by atoms with Crippen molar-refractivity contribution in [2.75, 3.05) is 17.7 Å². The lowest BCUT2D eigenvalue weighted by atomic mass is 10.2. The number of hydrogen-bond acceptors (Lipinski definition) is 8. The highest BCUT2D eigenvalue weighted by molar-refractivity contribution is 9.10. The molecule has 0 saturated heterocycles. The van der Waals surface area contributed by atoms with Crippen molar-refractivity contribution in [2.24, 2.45) is 0 Å². The number of rotatable bonds is 6. The molecule has 1 heterocycles. The summed E-state index contributed by atoms with van der Waals surface area (Å²) in [5, 5.41) is 17.4. The largest absolute Gasteiger partial charge is 0.465 e. The number of esters is 1. The Morgan fingerprint density at radius 3 is 1.96 bits per heavy atom. The molecule has 0 amide bonds. The molecule has 0 aliphatic heterocycles. The van der Waals surface area contributed by atoms with E-state index in [1.54, 1.807) is 48.5 Å². The summed E-state index contributed by atoms with van der Waals surface area (Å²) in [6.45, 7) is 0. The minimum atomic E-state index is -0.563. The summed E-state index contributed by atoms with van der Waals surface area (Å²) in [7, 11) is 1.29. The fourth-order valence-electron chi connectivity index (χ4n) is 2.35. The van der Waals surface area contributed by atoms with Crippen LogP contribution in [-0.2, 0) is 4.74 Å². The van der Waals surface area contributed by atoms with E-state index in [2.05, 4.69) is 41.3 Å². The summed E-state index contributed by atoms with van der Waals surface area (Å²) in [5.74, 6) is -0.401. The van der Waals surface area contributed by atoms with Crippen molar-refractivity contribution in [1.29, 1.82) is 0 Å². The maximum Gasteiger partial charge on any atom is 0.353 e. The van der Waals surface area contributed by atoms with Gasteiger partial charge in [-0.1, -0.05) is 15.9 Å². The standard InChI is InChI=1S/C18H14BrN5O4/c1-28-18(25)11-2-6-13(7-3-11)22-16-15(24(26)27)17(21-10-20-16)23-14-8-4-12(19)5-9-14/h2-10H,1H3,(H2,20,21,22,23). The summed E-state index contributed by atoms with van der Waals surface area (Å²) in [4.78, 5) is 30.5. The van der Waals surface area contributed by atoms with Crippen LogP contribution in [0, 0.1) is 10.1 Å². The van der Waals surface area contributed by atoms with Gasteiger partial charge in [-0.2, -0.15) is 0 Å². The predicted octanol–water partition coefficient (Wildman–Crippen LogP) is 4.42. The highest BCUT2D eigenvalue weighted by Crippen LogP contribution is 2.33. The molecule has 0 atom stereocenters. The highest BCUT2D eigenvalue weighted by Gasteiger charge is 2.23. The number of hydrogen-bond donors (Lipinski definition) is 2. The van der Waals surface area contributed by atoms with Gasteiger partial charge in [0.1, 0.15) is 6.33 Å². The van der Waals surface area contributed by atoms with Crippen molar-refractivity contribution in [3.63, 3.8) is 0 Å². The number of nitro groups is 1. The second kappa shape index (κ2) is 8.44. The molecule has 1 aromatic heterocycles. The molecule has 0 unspecified atom stereocenters. The van der Waals surface area contributed by atoms with Gasteiger partial charge in [-0.3, -0.25) is 10.1 Å². The smallest absolute Gasteiger partial charge is 0.353 e. The fraction of sp³-hybridized carbons (Fsp3) is 0.0556. The molecule has 0 bridgehead atoms. The maximum atomic E-state index is 11.6. The van der Waals surface area contributed by atoms with E-state index in [1.807, 2.05) is 0 Å². The molecule has 0 aliphatic carbocycles. The molecular weight excluding hydrogens is 430 g/mol. The lowest BCUT2D eigenvalue weighted by Gasteiger charge is -2.10. The van der Waals surface area contributed by atoms with Gasteiger partial charge in [0.05, 0.1) is 17.6 Å². The van der Waals surface area contributed by atoms with Crippen LogP contribution < -0.4 is 10.6 Å². The maximum absolute atomic E-state index is 11.6. The van der Waals surface area contributed by atoms with Gasteiger partial charge in [0.15, 0.2) is 0 Å². The average molecular weight is 444 g/mol. The Labute approximate surface area is 168 Å². The molecule has 0 aliphatic rings. The Bertz CT molecular complexity index is 1010. The third-order valence-corrected chi connectivity index (χ3v) is 4.21. The molecule has 2 aromatic carbocycles. The van der Waals surface area contributed by atoms with E-state index >= 15 is 0 Å². The van der Waals surface area contributed by atoms with Gasteiger partial charge in [0, 0.05) is 15.8 Å². The Hall–Kier alpha value is -3.53. The lowest BCUT2D eigenvalue weighted by molar-refractivity contribution is -0.383. The van der Waals surface area contributed by atoms with Gasteiger partial charge >= 0.3 is 11.7 Å². The quantitative estimate of drug-likeness (QED) is 0.326. The predicted molar refractivity (Wildman–Crippen MR) is 107 cm³/mol. The van der Waals surface area contributed by atoms with Crippen LogP contribution in [-0.4, -0.2) is 28.0 Å². The molecule has 3 aromatic rings. The molecule has 0 spiro atoms. The van der Waals surface area contributed by atoms with Crippen LogP contribution in [0.3, 0.4) is 0 Å². The van der Waals surface area contributed by atoms with Crippen molar-refractivity contribution in [2.45, 2.75) is 0 Å². The van der Waals surface area contributed by atoms with Crippen molar-refractivity contribution in [1.82, 2.24) is 9.97 Å². The second-order valence-electron chi connectivity index (χ2n) is 5.50. The third kappa shape index (κ3) is 4.41. The van der Waals surface area contributed by atoms with E-state index < -0.39 is 10.9 Å². The normalized spacial score (nSPS) is 10.2. The first-order valence-electron chi connectivity index (χ1n) is 7.95. The number of carbonyl (C=O) groups excluding carboxylic acids is 1. The zero-order chi connectivity index (χ0) is 20.1. The van der Waals surface area contributed by atoms with Crippen molar-refractivity contribution in [3.05, 3.63) is 75.0 Å². The molecular formula is C18H14BrN5O4. The van der Waals surface area contributed by atoms with E-state index in [4.69, 9.17) is 0 Å². The average Bonchev–Trinajstić information content (AvgIpc) is 2.69. The molecule has 0 radical (unpaired) electrons. The van der Waals surface area contributed by atoms with Crippen LogP contribution in [0.4, 0.5) is 28.7 Å². The Morgan fingerprint density at radius 1 is 1.00 bits per heavy atom. The topological polar surface area (TPSA) is 119 Å². The molecule has 0 saturated carbocycles. The Morgan fingerprint density at radius 2 is 1.50 bits per heavy atom.